The van der Waals surface area contributed by atoms with E-state index in [1.807, 2.05) is 31.2 Å². The molecule has 6 heteroatoms. The molecule has 0 spiro atoms. The van der Waals surface area contributed by atoms with Gasteiger partial charge in [0, 0.05) is 23.2 Å². The van der Waals surface area contributed by atoms with Gasteiger partial charge in [0.25, 0.3) is 0 Å². The molecule has 1 N–H and O–H groups in total. The highest BCUT2D eigenvalue weighted by Gasteiger charge is 2.18. The molecule has 0 aliphatic heterocycles. The smallest absolute Gasteiger partial charge is 0.237 e. The third-order valence-corrected chi connectivity index (χ3v) is 4.88. The Morgan fingerprint density at radius 1 is 1.35 bits per heavy atom. The van der Waals surface area contributed by atoms with Crippen LogP contribution in [0.1, 0.15) is 20.8 Å². The van der Waals surface area contributed by atoms with E-state index in [4.69, 9.17) is 12.2 Å². The molecule has 1 aromatic carbocycles. The van der Waals surface area contributed by atoms with Gasteiger partial charge in [0.1, 0.15) is 4.32 Å². The highest BCUT2D eigenvalue weighted by Crippen LogP contribution is 2.19. The van der Waals surface area contributed by atoms with Crippen molar-refractivity contribution in [1.82, 2.24) is 4.90 Å². The summed E-state index contributed by atoms with van der Waals surface area (Å²) in [7, 11) is 0. The third kappa shape index (κ3) is 5.42. The maximum Gasteiger partial charge on any atom is 0.237 e. The molecule has 0 saturated heterocycles. The Morgan fingerprint density at radius 2 is 1.90 bits per heavy atom. The van der Waals surface area contributed by atoms with Gasteiger partial charge in [-0.25, -0.2) is 0 Å². The van der Waals surface area contributed by atoms with Crippen LogP contribution in [0.15, 0.2) is 28.7 Å². The highest BCUT2D eigenvalue weighted by molar-refractivity contribution is 9.10. The number of carbonyl (C=O) groups excluding carboxylic acids is 1. The molecule has 20 heavy (non-hydrogen) atoms. The maximum atomic E-state index is 12.1. The van der Waals surface area contributed by atoms with Crippen LogP contribution in [0.4, 0.5) is 5.69 Å². The number of hydrogen-bond donors (Lipinski definition) is 1. The molecule has 0 aliphatic rings. The van der Waals surface area contributed by atoms with E-state index in [1.54, 1.807) is 0 Å². The van der Waals surface area contributed by atoms with Crippen molar-refractivity contribution in [2.75, 3.05) is 18.4 Å². The van der Waals surface area contributed by atoms with Crippen molar-refractivity contribution in [3.63, 3.8) is 0 Å². The lowest BCUT2D eigenvalue weighted by molar-refractivity contribution is -0.115. The summed E-state index contributed by atoms with van der Waals surface area (Å²) >= 11 is 10.1. The van der Waals surface area contributed by atoms with Gasteiger partial charge in [-0.3, -0.25) is 4.79 Å². The molecule has 0 aliphatic carbocycles. The minimum Gasteiger partial charge on any atom is -0.358 e. The Hall–Kier alpha value is -0.590. The van der Waals surface area contributed by atoms with Crippen LogP contribution in [0.5, 0.6) is 0 Å². The van der Waals surface area contributed by atoms with Gasteiger partial charge in [-0.15, -0.1) is 0 Å². The van der Waals surface area contributed by atoms with E-state index in [0.29, 0.717) is 0 Å². The van der Waals surface area contributed by atoms with E-state index in [9.17, 15) is 4.79 Å². The first-order chi connectivity index (χ1) is 9.47. The fourth-order valence-electron chi connectivity index (χ4n) is 1.54. The van der Waals surface area contributed by atoms with Gasteiger partial charge in [0.15, 0.2) is 0 Å². The summed E-state index contributed by atoms with van der Waals surface area (Å²) in [5.41, 5.74) is 0.791. The van der Waals surface area contributed by atoms with Gasteiger partial charge in [0.05, 0.1) is 5.25 Å². The van der Waals surface area contributed by atoms with Crippen LogP contribution < -0.4 is 5.32 Å². The standard InChI is InChI=1S/C14H19BrN2OS2/c1-4-17(5-2)14(19)20-10(3)13(18)16-12-8-6-11(15)7-9-12/h6-10H,4-5H2,1-3H3,(H,16,18)/t10-/m0/s1. The number of nitrogens with one attached hydrogen (secondary N) is 1. The zero-order chi connectivity index (χ0) is 15.1. The second-order valence-corrected chi connectivity index (χ2v) is 7.08. The van der Waals surface area contributed by atoms with E-state index in [-0.39, 0.29) is 11.2 Å². The zero-order valence-corrected chi connectivity index (χ0v) is 15.1. The van der Waals surface area contributed by atoms with Crippen LogP contribution in [0.3, 0.4) is 0 Å². The summed E-state index contributed by atoms with van der Waals surface area (Å²) in [5.74, 6) is -0.0353. The molecule has 1 amide bonds. The van der Waals surface area contributed by atoms with Crippen LogP contribution in [-0.4, -0.2) is 33.5 Å². The van der Waals surface area contributed by atoms with Crippen molar-refractivity contribution in [2.24, 2.45) is 0 Å². The number of thiocarbonyl (C=S) groups is 1. The first-order valence-electron chi connectivity index (χ1n) is 6.49. The molecular formula is C14H19BrN2OS2. The normalized spacial score (nSPS) is 11.8. The fraction of sp³-hybridized carbons (Fsp3) is 0.429. The lowest BCUT2D eigenvalue weighted by Gasteiger charge is -2.22. The van der Waals surface area contributed by atoms with Gasteiger partial charge in [-0.2, -0.15) is 0 Å². The number of carbonyl (C=O) groups is 1. The third-order valence-electron chi connectivity index (χ3n) is 2.78. The second kappa shape index (κ2) is 8.64. The summed E-state index contributed by atoms with van der Waals surface area (Å²) in [6.45, 7) is 7.72. The lowest BCUT2D eigenvalue weighted by Crippen LogP contribution is -2.31. The first kappa shape index (κ1) is 17.5. The Balaban J connectivity index is 2.54. The van der Waals surface area contributed by atoms with Crippen LogP contribution in [0.25, 0.3) is 0 Å². The molecule has 0 aromatic heterocycles. The molecule has 0 radical (unpaired) electrons. The van der Waals surface area contributed by atoms with Crippen molar-refractivity contribution in [3.8, 4) is 0 Å². The average Bonchev–Trinajstić information content (AvgIpc) is 2.42. The van der Waals surface area contributed by atoms with Gasteiger partial charge in [-0.1, -0.05) is 39.9 Å². The molecular weight excluding hydrogens is 356 g/mol. The molecule has 1 atom stereocenters. The number of nitrogens with zero attached hydrogens (tertiary/aromatic N) is 1. The molecule has 0 bridgehead atoms. The summed E-state index contributed by atoms with van der Waals surface area (Å²) in [4.78, 5) is 14.2. The number of halogens is 1. The number of thioether (sulfide) groups is 1. The molecule has 1 aromatic rings. The monoisotopic (exact) mass is 374 g/mol. The van der Waals surface area contributed by atoms with E-state index in [0.717, 1.165) is 27.6 Å². The minimum atomic E-state index is -0.216. The molecule has 3 nitrogen and oxygen atoms in total. The summed E-state index contributed by atoms with van der Waals surface area (Å²) in [6.07, 6.45) is 0. The quantitative estimate of drug-likeness (QED) is 0.785. The molecule has 110 valence electrons. The lowest BCUT2D eigenvalue weighted by atomic mass is 10.3. The Morgan fingerprint density at radius 3 is 2.40 bits per heavy atom. The van der Waals surface area contributed by atoms with Crippen LogP contribution >= 0.6 is 39.9 Å². The summed E-state index contributed by atoms with van der Waals surface area (Å²) < 4.78 is 1.76. The molecule has 0 unspecified atom stereocenters. The van der Waals surface area contributed by atoms with E-state index < -0.39 is 0 Å². The number of anilines is 1. The van der Waals surface area contributed by atoms with Crippen LogP contribution in [0.2, 0.25) is 0 Å². The van der Waals surface area contributed by atoms with Crippen molar-refractivity contribution in [3.05, 3.63) is 28.7 Å². The largest absolute Gasteiger partial charge is 0.358 e. The van der Waals surface area contributed by atoms with Crippen LogP contribution in [0, 0.1) is 0 Å². The SMILES string of the molecule is CCN(CC)C(=S)S[C@@H](C)C(=O)Nc1ccc(Br)cc1. The van der Waals surface area contributed by atoms with E-state index in [2.05, 4.69) is 40.0 Å². The number of hydrogen-bond acceptors (Lipinski definition) is 3. The van der Waals surface area contributed by atoms with Crippen molar-refractivity contribution < 1.29 is 4.79 Å². The van der Waals surface area contributed by atoms with Crippen molar-refractivity contribution in [2.45, 2.75) is 26.0 Å². The van der Waals surface area contributed by atoms with Gasteiger partial charge in [0.2, 0.25) is 5.91 Å². The van der Waals surface area contributed by atoms with Gasteiger partial charge < -0.3 is 10.2 Å². The zero-order valence-electron chi connectivity index (χ0n) is 11.9. The predicted octanol–water partition coefficient (Wildman–Crippen LogP) is 4.14. The second-order valence-electron chi connectivity index (χ2n) is 4.19. The molecule has 0 heterocycles. The first-order valence-corrected chi connectivity index (χ1v) is 8.58. The summed E-state index contributed by atoms with van der Waals surface area (Å²) in [5, 5.41) is 2.67. The fourth-order valence-corrected chi connectivity index (χ4v) is 3.37. The Labute approximate surface area is 138 Å². The highest BCUT2D eigenvalue weighted by atomic mass is 79.9. The van der Waals surface area contributed by atoms with E-state index in [1.165, 1.54) is 11.8 Å². The maximum absolute atomic E-state index is 12.1. The Bertz CT molecular complexity index is 461. The predicted molar refractivity (Wildman–Crippen MR) is 95.3 cm³/mol. The van der Waals surface area contributed by atoms with Crippen LogP contribution in [-0.2, 0) is 4.79 Å². The number of amides is 1. The minimum absolute atomic E-state index is 0.0353. The molecule has 1 rings (SSSR count). The van der Waals surface area contributed by atoms with Crippen molar-refractivity contribution in [1.29, 1.82) is 0 Å². The summed E-state index contributed by atoms with van der Waals surface area (Å²) in [6, 6.07) is 7.52. The number of benzene rings is 1. The topological polar surface area (TPSA) is 32.3 Å². The van der Waals surface area contributed by atoms with E-state index >= 15 is 0 Å². The van der Waals surface area contributed by atoms with Crippen molar-refractivity contribution >= 4 is 55.8 Å². The molecule has 0 fully saturated rings. The number of rotatable bonds is 5. The van der Waals surface area contributed by atoms with Gasteiger partial charge >= 0.3 is 0 Å². The van der Waals surface area contributed by atoms with Gasteiger partial charge in [-0.05, 0) is 45.0 Å². The molecule has 0 saturated carbocycles. The Kier molecular flexibility index (Phi) is 7.55. The average molecular weight is 375 g/mol.